The zero-order valence-electron chi connectivity index (χ0n) is 19.5. The van der Waals surface area contributed by atoms with Crippen LogP contribution in [0.2, 0.25) is 0 Å². The lowest BCUT2D eigenvalue weighted by Gasteiger charge is -2.38. The molecular weight excluding hydrogens is 423 g/mol. The van der Waals surface area contributed by atoms with Crippen LogP contribution in [0.1, 0.15) is 29.3 Å². The van der Waals surface area contributed by atoms with E-state index in [2.05, 4.69) is 20.7 Å². The molecule has 0 bridgehead atoms. The fraction of sp³-hybridized carbons (Fsp3) is 0.375. The molecule has 0 saturated heterocycles. The number of carbonyl (C=O) groups excluding carboxylic acids is 1. The van der Waals surface area contributed by atoms with Crippen LogP contribution in [0.4, 0.5) is 21.6 Å². The minimum atomic E-state index is -0.426. The van der Waals surface area contributed by atoms with Crippen molar-refractivity contribution < 1.29 is 13.9 Å². The first kappa shape index (κ1) is 22.7. The molecule has 0 radical (unpaired) electrons. The van der Waals surface area contributed by atoms with Gasteiger partial charge in [0.1, 0.15) is 17.7 Å². The number of aromatic nitrogens is 3. The Morgan fingerprint density at radius 3 is 2.82 bits per heavy atom. The number of likely N-dealkylation sites (N-methyl/N-ethyl adjacent to an activating group) is 1. The first-order chi connectivity index (χ1) is 15.8. The lowest BCUT2D eigenvalue weighted by atomic mass is 10.0. The highest BCUT2D eigenvalue weighted by Gasteiger charge is 2.36. The fourth-order valence-corrected chi connectivity index (χ4v) is 4.15. The van der Waals surface area contributed by atoms with Crippen LogP contribution in [0, 0.1) is 19.7 Å². The van der Waals surface area contributed by atoms with Crippen molar-refractivity contribution in [1.29, 1.82) is 0 Å². The largest absolute Gasteiger partial charge is 0.379 e. The summed E-state index contributed by atoms with van der Waals surface area (Å²) in [7, 11) is 3.49. The normalized spacial score (nSPS) is 16.4. The van der Waals surface area contributed by atoms with E-state index in [1.165, 1.54) is 12.1 Å². The monoisotopic (exact) mass is 452 g/mol. The number of nitrogens with one attached hydrogen (secondary N) is 2. The molecule has 3 aromatic rings. The third-order valence-corrected chi connectivity index (χ3v) is 6.11. The minimum Gasteiger partial charge on any atom is -0.379 e. The average molecular weight is 453 g/mol. The number of benzene rings is 1. The first-order valence-electron chi connectivity index (χ1n) is 10.8. The second kappa shape index (κ2) is 9.19. The first-order valence-corrected chi connectivity index (χ1v) is 10.8. The Balaban J connectivity index is 1.47. The van der Waals surface area contributed by atoms with Crippen LogP contribution < -0.4 is 15.5 Å². The van der Waals surface area contributed by atoms with E-state index in [4.69, 9.17) is 4.74 Å². The van der Waals surface area contributed by atoms with E-state index in [0.29, 0.717) is 18.9 Å². The molecule has 9 heteroatoms. The summed E-state index contributed by atoms with van der Waals surface area (Å²) in [6.45, 7) is 6.77. The van der Waals surface area contributed by atoms with Gasteiger partial charge in [-0.2, -0.15) is 5.10 Å². The van der Waals surface area contributed by atoms with Gasteiger partial charge in [-0.1, -0.05) is 6.07 Å². The number of aryl methyl sites for hydroxylation is 2. The lowest BCUT2D eigenvalue weighted by molar-refractivity contribution is -0.120. The van der Waals surface area contributed by atoms with Crippen LogP contribution in [-0.2, 0) is 22.6 Å². The number of halogens is 1. The molecule has 8 nitrogen and oxygen atoms in total. The number of fused-ring (bicyclic) bond motifs is 1. The van der Waals surface area contributed by atoms with Crippen LogP contribution in [0.25, 0.3) is 0 Å². The molecule has 33 heavy (non-hydrogen) atoms. The molecule has 1 amide bonds. The van der Waals surface area contributed by atoms with E-state index in [9.17, 15) is 9.18 Å². The zero-order chi connectivity index (χ0) is 23.7. The summed E-state index contributed by atoms with van der Waals surface area (Å²) in [5.41, 5.74) is 5.27. The van der Waals surface area contributed by atoms with E-state index in [-0.39, 0.29) is 17.8 Å². The molecule has 1 aliphatic heterocycles. The standard InChI is InChI=1S/C24H29FN6O2/c1-14-8-19(25)7-6-18(14)13-31-12-17(11-27-31)10-26-21-9-20-22(15(2)28-21)29-24(32)23(30(20)4)16(3)33-5/h6-9,11-12,16,23H,10,13H2,1-5H3,(H,26,28)(H,29,32)/t16-,23+/m1/s1. The third-order valence-electron chi connectivity index (χ3n) is 6.11. The number of anilines is 3. The highest BCUT2D eigenvalue weighted by Crippen LogP contribution is 2.36. The van der Waals surface area contributed by atoms with Crippen molar-refractivity contribution in [3.63, 3.8) is 0 Å². The SMILES string of the molecule is CO[C@H](C)[C@H]1C(=O)Nc2c(cc(NCc3cnn(Cc4ccc(F)cc4C)c3)nc2C)N1C. The number of hydrogen-bond donors (Lipinski definition) is 2. The summed E-state index contributed by atoms with van der Waals surface area (Å²) in [6, 6.07) is 6.30. The molecule has 0 fully saturated rings. The van der Waals surface area contributed by atoms with Gasteiger partial charge in [-0.05, 0) is 44.0 Å². The van der Waals surface area contributed by atoms with Gasteiger partial charge in [0, 0.05) is 38.5 Å². The molecule has 0 aliphatic carbocycles. The maximum absolute atomic E-state index is 13.3. The maximum Gasteiger partial charge on any atom is 0.249 e. The number of hydrogen-bond acceptors (Lipinski definition) is 6. The minimum absolute atomic E-state index is 0.103. The van der Waals surface area contributed by atoms with Gasteiger partial charge in [0.15, 0.2) is 0 Å². The quantitative estimate of drug-likeness (QED) is 0.571. The Bertz CT molecular complexity index is 1180. The Morgan fingerprint density at radius 2 is 2.09 bits per heavy atom. The van der Waals surface area contributed by atoms with Crippen molar-refractivity contribution >= 4 is 23.1 Å². The number of methoxy groups -OCH3 is 1. The molecule has 2 aromatic heterocycles. The Morgan fingerprint density at radius 1 is 1.30 bits per heavy atom. The third kappa shape index (κ3) is 4.68. The molecule has 4 rings (SSSR count). The molecule has 2 N–H and O–H groups in total. The number of nitrogens with zero attached hydrogens (tertiary/aromatic N) is 4. The van der Waals surface area contributed by atoms with Gasteiger partial charge >= 0.3 is 0 Å². The maximum atomic E-state index is 13.3. The van der Waals surface area contributed by atoms with Gasteiger partial charge in [-0.15, -0.1) is 0 Å². The second-order valence-electron chi connectivity index (χ2n) is 8.44. The van der Waals surface area contributed by atoms with Crippen molar-refractivity contribution in [3.05, 3.63) is 64.9 Å². The summed E-state index contributed by atoms with van der Waals surface area (Å²) >= 11 is 0. The van der Waals surface area contributed by atoms with Gasteiger partial charge in [-0.25, -0.2) is 9.37 Å². The highest BCUT2D eigenvalue weighted by molar-refractivity contribution is 6.04. The van der Waals surface area contributed by atoms with E-state index >= 15 is 0 Å². The molecule has 174 valence electrons. The van der Waals surface area contributed by atoms with Gasteiger partial charge in [0.25, 0.3) is 0 Å². The highest BCUT2D eigenvalue weighted by atomic mass is 19.1. The van der Waals surface area contributed by atoms with Gasteiger partial charge in [0.05, 0.1) is 35.9 Å². The summed E-state index contributed by atoms with van der Waals surface area (Å²) in [4.78, 5) is 19.1. The van der Waals surface area contributed by atoms with Crippen molar-refractivity contribution in [2.24, 2.45) is 0 Å². The topological polar surface area (TPSA) is 84.3 Å². The predicted molar refractivity (Wildman–Crippen MR) is 126 cm³/mol. The van der Waals surface area contributed by atoms with Gasteiger partial charge in [-0.3, -0.25) is 9.48 Å². The Hall–Kier alpha value is -3.46. The molecule has 0 spiro atoms. The molecule has 0 unspecified atom stereocenters. The molecule has 2 atom stereocenters. The summed E-state index contributed by atoms with van der Waals surface area (Å²) < 4.78 is 20.6. The molecule has 3 heterocycles. The summed E-state index contributed by atoms with van der Waals surface area (Å²) in [6.07, 6.45) is 3.51. The van der Waals surface area contributed by atoms with E-state index in [0.717, 1.165) is 33.8 Å². The second-order valence-corrected chi connectivity index (χ2v) is 8.44. The number of amides is 1. The summed E-state index contributed by atoms with van der Waals surface area (Å²) in [5, 5.41) is 10.8. The Kier molecular flexibility index (Phi) is 6.33. The number of ether oxygens (including phenoxy) is 1. The zero-order valence-corrected chi connectivity index (χ0v) is 19.5. The predicted octanol–water partition coefficient (Wildman–Crippen LogP) is 3.49. The van der Waals surface area contributed by atoms with Crippen molar-refractivity contribution in [2.75, 3.05) is 29.7 Å². The van der Waals surface area contributed by atoms with Crippen LogP contribution in [0.15, 0.2) is 36.7 Å². The van der Waals surface area contributed by atoms with Crippen LogP contribution in [0.5, 0.6) is 0 Å². The van der Waals surface area contributed by atoms with Crippen molar-refractivity contribution in [2.45, 2.75) is 46.0 Å². The van der Waals surface area contributed by atoms with Crippen molar-refractivity contribution in [3.8, 4) is 0 Å². The van der Waals surface area contributed by atoms with E-state index < -0.39 is 6.04 Å². The summed E-state index contributed by atoms with van der Waals surface area (Å²) in [5.74, 6) is 0.372. The Labute approximate surface area is 192 Å². The molecule has 0 saturated carbocycles. The van der Waals surface area contributed by atoms with E-state index in [1.807, 2.05) is 49.7 Å². The average Bonchev–Trinajstić information content (AvgIpc) is 3.22. The van der Waals surface area contributed by atoms with Crippen LogP contribution in [-0.4, -0.2) is 47.0 Å². The number of carbonyl (C=O) groups is 1. The number of rotatable bonds is 7. The van der Waals surface area contributed by atoms with Gasteiger partial charge < -0.3 is 20.3 Å². The lowest BCUT2D eigenvalue weighted by Crippen LogP contribution is -2.52. The molecule has 1 aromatic carbocycles. The van der Waals surface area contributed by atoms with Crippen LogP contribution in [0.3, 0.4) is 0 Å². The van der Waals surface area contributed by atoms with Crippen molar-refractivity contribution in [1.82, 2.24) is 14.8 Å². The number of pyridine rings is 1. The smallest absolute Gasteiger partial charge is 0.249 e. The van der Waals surface area contributed by atoms with E-state index in [1.54, 1.807) is 19.4 Å². The molecule has 1 aliphatic rings. The molecular formula is C24H29FN6O2. The van der Waals surface area contributed by atoms with Crippen LogP contribution >= 0.6 is 0 Å². The van der Waals surface area contributed by atoms with Gasteiger partial charge in [0.2, 0.25) is 5.91 Å². The fourth-order valence-electron chi connectivity index (χ4n) is 4.15.